The topological polar surface area (TPSA) is 69.7 Å². The van der Waals surface area contributed by atoms with Crippen molar-refractivity contribution in [3.05, 3.63) is 33.8 Å². The van der Waals surface area contributed by atoms with E-state index in [1.807, 2.05) is 0 Å². The molecule has 0 spiro atoms. The summed E-state index contributed by atoms with van der Waals surface area (Å²) < 4.78 is 27.1. The third-order valence-electron chi connectivity index (χ3n) is 6.50. The number of halogens is 2. The summed E-state index contributed by atoms with van der Waals surface area (Å²) >= 11 is 12.3. The molecular weight excluding hydrogens is 469 g/mol. The van der Waals surface area contributed by atoms with Crippen molar-refractivity contribution in [2.45, 2.75) is 45.3 Å². The second kappa shape index (κ2) is 11.5. The minimum atomic E-state index is -3.55. The number of hydrogen-bond donors (Lipinski definition) is 1. The molecule has 0 unspecified atom stereocenters. The van der Waals surface area contributed by atoms with Crippen LogP contribution in [0.25, 0.3) is 0 Å². The van der Waals surface area contributed by atoms with Gasteiger partial charge in [0.25, 0.3) is 0 Å². The van der Waals surface area contributed by atoms with Crippen molar-refractivity contribution >= 4 is 39.1 Å². The van der Waals surface area contributed by atoms with Crippen molar-refractivity contribution in [3.63, 3.8) is 0 Å². The molecule has 1 aromatic carbocycles. The first-order valence-electron chi connectivity index (χ1n) is 11.6. The summed E-state index contributed by atoms with van der Waals surface area (Å²) in [5.74, 6) is 1.15. The number of nitrogens with zero attached hydrogens (tertiary/aromatic N) is 2. The molecule has 2 saturated heterocycles. The van der Waals surface area contributed by atoms with E-state index in [0.29, 0.717) is 48.1 Å². The van der Waals surface area contributed by atoms with Gasteiger partial charge >= 0.3 is 0 Å². The van der Waals surface area contributed by atoms with E-state index in [4.69, 9.17) is 23.2 Å². The fourth-order valence-corrected chi connectivity index (χ4v) is 7.29. The lowest BCUT2D eigenvalue weighted by Crippen LogP contribution is -2.44. The third kappa shape index (κ3) is 7.07. The number of sulfonamides is 1. The van der Waals surface area contributed by atoms with Crippen LogP contribution in [-0.2, 0) is 20.6 Å². The van der Waals surface area contributed by atoms with Crippen LogP contribution in [0.1, 0.15) is 45.1 Å². The van der Waals surface area contributed by atoms with Crippen LogP contribution < -0.4 is 5.32 Å². The zero-order valence-electron chi connectivity index (χ0n) is 19.0. The van der Waals surface area contributed by atoms with Crippen molar-refractivity contribution in [2.75, 3.05) is 39.3 Å². The Bertz CT molecular complexity index is 858. The second-order valence-corrected chi connectivity index (χ2v) is 12.3. The lowest BCUT2D eigenvalue weighted by molar-refractivity contribution is -0.126. The molecular formula is C23H35Cl2N3O3S. The number of benzene rings is 1. The van der Waals surface area contributed by atoms with E-state index in [9.17, 15) is 13.2 Å². The predicted molar refractivity (Wildman–Crippen MR) is 130 cm³/mol. The van der Waals surface area contributed by atoms with Crippen molar-refractivity contribution in [2.24, 2.45) is 17.8 Å². The van der Waals surface area contributed by atoms with E-state index >= 15 is 0 Å². The van der Waals surface area contributed by atoms with E-state index in [1.165, 1.54) is 10.7 Å². The Hall–Kier alpha value is -0.860. The van der Waals surface area contributed by atoms with Crippen LogP contribution in [0.2, 0.25) is 10.0 Å². The molecule has 2 aliphatic heterocycles. The molecule has 0 aromatic heterocycles. The maximum absolute atomic E-state index is 12.8. The van der Waals surface area contributed by atoms with Gasteiger partial charge in [0, 0.05) is 54.3 Å². The maximum atomic E-state index is 12.8. The summed E-state index contributed by atoms with van der Waals surface area (Å²) in [5.41, 5.74) is 0.424. The van der Waals surface area contributed by atoms with Gasteiger partial charge in [-0.05, 0) is 56.2 Å². The van der Waals surface area contributed by atoms with Gasteiger partial charge in [-0.15, -0.1) is 0 Å². The highest BCUT2D eigenvalue weighted by atomic mass is 35.5. The highest BCUT2D eigenvalue weighted by molar-refractivity contribution is 7.88. The standard InChI is InChI=1S/C23H35Cl2N3O3S/c1-17-13-18(2)15-27(14-17)10-4-9-26-23(29)19-7-11-28(12-8-19)32(30,31)16-20-21(24)5-3-6-22(20)25/h3,5-6,17-19H,4,7-16H2,1-2H3,(H,26,29)/t17-,18+. The molecule has 32 heavy (non-hydrogen) atoms. The summed E-state index contributed by atoms with van der Waals surface area (Å²) in [5, 5.41) is 3.76. The largest absolute Gasteiger partial charge is 0.356 e. The second-order valence-electron chi connectivity index (χ2n) is 9.48. The van der Waals surface area contributed by atoms with Crippen LogP contribution in [-0.4, -0.2) is 62.8 Å². The Morgan fingerprint density at radius 1 is 1.09 bits per heavy atom. The summed E-state index contributed by atoms with van der Waals surface area (Å²) in [6.45, 7) is 9.26. The quantitative estimate of drug-likeness (QED) is 0.543. The van der Waals surface area contributed by atoms with Crippen LogP contribution in [0.3, 0.4) is 0 Å². The molecule has 9 heteroatoms. The van der Waals surface area contributed by atoms with Gasteiger partial charge in [-0.2, -0.15) is 0 Å². The highest BCUT2D eigenvalue weighted by Crippen LogP contribution is 2.29. The zero-order valence-corrected chi connectivity index (χ0v) is 21.4. The van der Waals surface area contributed by atoms with E-state index in [-0.39, 0.29) is 17.6 Å². The van der Waals surface area contributed by atoms with E-state index < -0.39 is 10.0 Å². The van der Waals surface area contributed by atoms with Crippen LogP contribution >= 0.6 is 23.2 Å². The van der Waals surface area contributed by atoms with Gasteiger partial charge in [0.2, 0.25) is 15.9 Å². The lowest BCUT2D eigenvalue weighted by atomic mass is 9.92. The number of amides is 1. The predicted octanol–water partition coefficient (Wildman–Crippen LogP) is 4.02. The average molecular weight is 505 g/mol. The first-order chi connectivity index (χ1) is 15.2. The molecule has 2 aliphatic rings. The summed E-state index contributed by atoms with van der Waals surface area (Å²) in [4.78, 5) is 15.1. The van der Waals surface area contributed by atoms with E-state index in [0.717, 1.165) is 37.9 Å². The minimum absolute atomic E-state index is 0.0385. The third-order valence-corrected chi connectivity index (χ3v) is 9.01. The molecule has 0 saturated carbocycles. The Morgan fingerprint density at radius 2 is 1.69 bits per heavy atom. The first kappa shape index (κ1) is 25.8. The number of hydrogen-bond acceptors (Lipinski definition) is 4. The number of carbonyl (C=O) groups is 1. The summed E-state index contributed by atoms with van der Waals surface area (Å²) in [6, 6.07) is 4.97. The van der Waals surface area contributed by atoms with Crippen LogP contribution in [0, 0.1) is 17.8 Å². The lowest BCUT2D eigenvalue weighted by Gasteiger charge is -2.35. The number of likely N-dealkylation sites (tertiary alicyclic amines) is 1. The Kier molecular flexibility index (Phi) is 9.27. The monoisotopic (exact) mass is 503 g/mol. The van der Waals surface area contributed by atoms with Crippen LogP contribution in [0.15, 0.2) is 18.2 Å². The van der Waals surface area contributed by atoms with Crippen LogP contribution in [0.5, 0.6) is 0 Å². The average Bonchev–Trinajstić information content (AvgIpc) is 2.73. The number of piperidine rings is 2. The van der Waals surface area contributed by atoms with Crippen LogP contribution in [0.4, 0.5) is 0 Å². The molecule has 2 heterocycles. The molecule has 0 radical (unpaired) electrons. The fraction of sp³-hybridized carbons (Fsp3) is 0.696. The van der Waals surface area contributed by atoms with Crippen molar-refractivity contribution in [1.82, 2.24) is 14.5 Å². The number of rotatable bonds is 8. The number of carbonyl (C=O) groups excluding carboxylic acids is 1. The van der Waals surface area contributed by atoms with Gasteiger partial charge in [-0.3, -0.25) is 4.79 Å². The smallest absolute Gasteiger partial charge is 0.223 e. The molecule has 1 aromatic rings. The van der Waals surface area contributed by atoms with Crippen molar-refractivity contribution < 1.29 is 13.2 Å². The molecule has 0 aliphatic carbocycles. The highest BCUT2D eigenvalue weighted by Gasteiger charge is 2.32. The SMILES string of the molecule is C[C@@H]1C[C@H](C)CN(CCCNC(=O)C2CCN(S(=O)(=O)Cc3c(Cl)cccc3Cl)CC2)C1. The molecule has 2 fully saturated rings. The summed E-state index contributed by atoms with van der Waals surface area (Å²) in [7, 11) is -3.55. The van der Waals surface area contributed by atoms with E-state index in [2.05, 4.69) is 24.1 Å². The van der Waals surface area contributed by atoms with Gasteiger partial charge in [-0.25, -0.2) is 12.7 Å². The van der Waals surface area contributed by atoms with Gasteiger partial charge in [0.1, 0.15) is 0 Å². The van der Waals surface area contributed by atoms with E-state index in [1.54, 1.807) is 18.2 Å². The van der Waals surface area contributed by atoms with Gasteiger partial charge in [0.15, 0.2) is 0 Å². The van der Waals surface area contributed by atoms with Gasteiger partial charge in [-0.1, -0.05) is 43.1 Å². The maximum Gasteiger partial charge on any atom is 0.223 e. The Labute approximate surface area is 202 Å². The zero-order chi connectivity index (χ0) is 23.3. The Morgan fingerprint density at radius 3 is 2.28 bits per heavy atom. The molecule has 180 valence electrons. The fourth-order valence-electron chi connectivity index (χ4n) is 4.97. The number of nitrogens with one attached hydrogen (secondary N) is 1. The summed E-state index contributed by atoms with van der Waals surface area (Å²) in [6.07, 6.45) is 3.30. The first-order valence-corrected chi connectivity index (χ1v) is 13.9. The molecule has 0 bridgehead atoms. The normalized spacial score (nSPS) is 23.9. The molecule has 1 N–H and O–H groups in total. The molecule has 2 atom stereocenters. The molecule has 6 nitrogen and oxygen atoms in total. The Balaban J connectivity index is 1.40. The van der Waals surface area contributed by atoms with Crippen molar-refractivity contribution in [1.29, 1.82) is 0 Å². The molecule has 1 amide bonds. The minimum Gasteiger partial charge on any atom is -0.356 e. The van der Waals surface area contributed by atoms with Gasteiger partial charge < -0.3 is 10.2 Å². The van der Waals surface area contributed by atoms with Gasteiger partial charge in [0.05, 0.1) is 5.75 Å². The molecule has 3 rings (SSSR count). The van der Waals surface area contributed by atoms with Crippen molar-refractivity contribution in [3.8, 4) is 0 Å².